The first kappa shape index (κ1) is 28.5. The van der Waals surface area contributed by atoms with E-state index in [4.69, 9.17) is 4.74 Å². The largest absolute Gasteiger partial charge is 0.493 e. The number of likely N-dealkylation sites (N-methyl/N-ethyl adjacent to an activating group) is 1. The van der Waals surface area contributed by atoms with Crippen molar-refractivity contribution in [2.45, 2.75) is 44.0 Å². The Morgan fingerprint density at radius 1 is 1.07 bits per heavy atom. The summed E-state index contributed by atoms with van der Waals surface area (Å²) in [5.74, 6) is 1.18. The van der Waals surface area contributed by atoms with E-state index in [0.717, 1.165) is 31.5 Å². The molecule has 4 heterocycles. The van der Waals surface area contributed by atoms with Crippen molar-refractivity contribution in [3.05, 3.63) is 40.9 Å². The highest BCUT2D eigenvalue weighted by molar-refractivity contribution is 7.89. The van der Waals surface area contributed by atoms with Gasteiger partial charge in [-0.05, 0) is 53.6 Å². The van der Waals surface area contributed by atoms with Gasteiger partial charge in [0.15, 0.2) is 0 Å². The Bertz CT molecular complexity index is 1320. The van der Waals surface area contributed by atoms with Crippen LogP contribution in [0.15, 0.2) is 34.4 Å². The molecule has 13 nitrogen and oxygen atoms in total. The van der Waals surface area contributed by atoms with Gasteiger partial charge >= 0.3 is 0 Å². The zero-order chi connectivity index (χ0) is 28.3. The standard InChI is InChI=1S/C26H39N9O4S/c1-4-9-34-17-21-24(27-26(36)25(21)32(3)18-34)20-16-19(6-7-22(20)39-15-5-2)40(37,38)35-13-11-33(12-14-35)10-8-23-28-30-31-29-23/h6-7,16,24H,4-5,8-15,17-18H2,1-3H3,(H,27,36)(H,28,29,30,31). The number of aromatic amines is 1. The second-order valence-corrected chi connectivity index (χ2v) is 12.5. The summed E-state index contributed by atoms with van der Waals surface area (Å²) in [6.45, 7) is 9.70. The Morgan fingerprint density at radius 3 is 2.58 bits per heavy atom. The minimum absolute atomic E-state index is 0.134. The van der Waals surface area contributed by atoms with Gasteiger partial charge in [0.2, 0.25) is 10.0 Å². The molecule has 1 aromatic carbocycles. The number of piperazine rings is 1. The summed E-state index contributed by atoms with van der Waals surface area (Å²) in [6, 6.07) is 4.61. The van der Waals surface area contributed by atoms with E-state index in [1.54, 1.807) is 22.5 Å². The third kappa shape index (κ3) is 5.85. The lowest BCUT2D eigenvalue weighted by molar-refractivity contribution is -0.118. The molecule has 1 fully saturated rings. The molecule has 2 aromatic rings. The first-order valence-corrected chi connectivity index (χ1v) is 15.4. The molecule has 1 aromatic heterocycles. The van der Waals surface area contributed by atoms with Crippen LogP contribution < -0.4 is 10.1 Å². The number of tetrazole rings is 1. The maximum atomic E-state index is 13.8. The molecule has 0 aliphatic carbocycles. The van der Waals surface area contributed by atoms with Crippen molar-refractivity contribution < 1.29 is 17.9 Å². The Balaban J connectivity index is 1.38. The van der Waals surface area contributed by atoms with E-state index in [2.05, 4.69) is 42.7 Å². The summed E-state index contributed by atoms with van der Waals surface area (Å²) in [6.07, 6.45) is 2.50. The van der Waals surface area contributed by atoms with Crippen LogP contribution in [0.1, 0.15) is 44.1 Å². The molecule has 2 N–H and O–H groups in total. The number of nitrogens with one attached hydrogen (secondary N) is 2. The van der Waals surface area contributed by atoms with E-state index >= 15 is 0 Å². The number of aromatic nitrogens is 4. The van der Waals surface area contributed by atoms with Gasteiger partial charge in [-0.2, -0.15) is 4.31 Å². The highest BCUT2D eigenvalue weighted by atomic mass is 32.2. The molecule has 14 heteroatoms. The number of carbonyl (C=O) groups is 1. The third-order valence-electron chi connectivity index (χ3n) is 7.65. The van der Waals surface area contributed by atoms with E-state index in [0.29, 0.717) is 75.3 Å². The Morgan fingerprint density at radius 2 is 1.88 bits per heavy atom. The van der Waals surface area contributed by atoms with Gasteiger partial charge < -0.3 is 19.9 Å². The molecule has 0 saturated carbocycles. The fraction of sp³-hybridized carbons (Fsp3) is 0.615. The number of H-pyrrole nitrogens is 1. The van der Waals surface area contributed by atoms with E-state index in [1.807, 2.05) is 18.9 Å². The van der Waals surface area contributed by atoms with E-state index < -0.39 is 16.1 Å². The average molecular weight is 574 g/mol. The first-order valence-electron chi connectivity index (χ1n) is 14.0. The lowest BCUT2D eigenvalue weighted by Gasteiger charge is -2.35. The summed E-state index contributed by atoms with van der Waals surface area (Å²) in [5.41, 5.74) is 2.31. The molecular weight excluding hydrogens is 534 g/mol. The fourth-order valence-corrected chi connectivity index (χ4v) is 7.15. The zero-order valence-electron chi connectivity index (χ0n) is 23.5. The number of hydrogen-bond acceptors (Lipinski definition) is 10. The monoisotopic (exact) mass is 573 g/mol. The first-order chi connectivity index (χ1) is 19.3. The summed E-state index contributed by atoms with van der Waals surface area (Å²) in [4.78, 5) is 19.8. The van der Waals surface area contributed by atoms with Crippen molar-refractivity contribution in [1.29, 1.82) is 0 Å². The van der Waals surface area contributed by atoms with Gasteiger partial charge in [0.1, 0.15) is 17.3 Å². The van der Waals surface area contributed by atoms with Crippen LogP contribution in [0, 0.1) is 0 Å². The van der Waals surface area contributed by atoms with Crippen LogP contribution in [0.25, 0.3) is 0 Å². The molecule has 0 radical (unpaired) electrons. The van der Waals surface area contributed by atoms with Gasteiger partial charge in [0.05, 0.1) is 24.2 Å². The number of hydrogen-bond donors (Lipinski definition) is 2. The predicted octanol–water partition coefficient (Wildman–Crippen LogP) is 0.577. The molecule has 0 bridgehead atoms. The number of rotatable bonds is 11. The smallest absolute Gasteiger partial charge is 0.268 e. The lowest BCUT2D eigenvalue weighted by Crippen LogP contribution is -2.49. The minimum Gasteiger partial charge on any atom is -0.493 e. The number of benzene rings is 1. The maximum absolute atomic E-state index is 13.8. The van der Waals surface area contributed by atoms with Crippen molar-refractivity contribution in [3.63, 3.8) is 0 Å². The van der Waals surface area contributed by atoms with E-state index in [-0.39, 0.29) is 10.8 Å². The van der Waals surface area contributed by atoms with Crippen LogP contribution in [0.4, 0.5) is 0 Å². The Kier molecular flexibility index (Phi) is 8.68. The van der Waals surface area contributed by atoms with E-state index in [1.165, 1.54) is 0 Å². The van der Waals surface area contributed by atoms with Crippen molar-refractivity contribution >= 4 is 15.9 Å². The predicted molar refractivity (Wildman–Crippen MR) is 148 cm³/mol. The third-order valence-corrected chi connectivity index (χ3v) is 9.54. The molecule has 1 amide bonds. The lowest BCUT2D eigenvalue weighted by atomic mass is 9.97. The van der Waals surface area contributed by atoms with Crippen molar-refractivity contribution in [3.8, 4) is 5.75 Å². The Labute approximate surface area is 235 Å². The average Bonchev–Trinajstić information content (AvgIpc) is 3.59. The molecule has 1 atom stereocenters. The van der Waals surface area contributed by atoms with Crippen molar-refractivity contribution in [2.75, 3.05) is 66.1 Å². The minimum atomic E-state index is -3.74. The van der Waals surface area contributed by atoms with Gasteiger partial charge in [-0.1, -0.05) is 13.8 Å². The maximum Gasteiger partial charge on any atom is 0.268 e. The highest BCUT2D eigenvalue weighted by Gasteiger charge is 2.40. The Hall–Kier alpha value is -3.07. The molecular formula is C26H39N9O4S. The molecule has 1 saturated heterocycles. The number of ether oxygens (including phenoxy) is 1. The van der Waals surface area contributed by atoms with E-state index in [9.17, 15) is 13.2 Å². The van der Waals surface area contributed by atoms with Gasteiger partial charge in [0.25, 0.3) is 5.91 Å². The highest BCUT2D eigenvalue weighted by Crippen LogP contribution is 2.40. The second kappa shape index (κ2) is 12.2. The summed E-state index contributed by atoms with van der Waals surface area (Å²) in [7, 11) is -1.82. The molecule has 0 spiro atoms. The second-order valence-electron chi connectivity index (χ2n) is 10.6. The molecule has 40 heavy (non-hydrogen) atoms. The zero-order valence-corrected chi connectivity index (χ0v) is 24.3. The SMILES string of the molecule is CCCOc1ccc(S(=O)(=O)N2CCN(CCc3nnn[nH]3)CC2)cc1C1NC(=O)C2=C1CN(CCC)CN2C. The van der Waals surface area contributed by atoms with Gasteiger partial charge in [-0.15, -0.1) is 5.10 Å². The van der Waals surface area contributed by atoms with Crippen LogP contribution in [0.3, 0.4) is 0 Å². The fourth-order valence-electron chi connectivity index (χ4n) is 5.69. The molecule has 218 valence electrons. The van der Waals surface area contributed by atoms with Crippen molar-refractivity contribution in [2.24, 2.45) is 0 Å². The molecule has 3 aliphatic heterocycles. The van der Waals surface area contributed by atoms with Crippen LogP contribution in [-0.2, 0) is 21.2 Å². The van der Waals surface area contributed by atoms with Gasteiger partial charge in [0, 0.05) is 58.3 Å². The number of sulfonamides is 1. The van der Waals surface area contributed by atoms with Crippen LogP contribution in [0.5, 0.6) is 5.75 Å². The number of carbonyl (C=O) groups excluding carboxylic acids is 1. The van der Waals surface area contributed by atoms with Crippen LogP contribution >= 0.6 is 0 Å². The number of amides is 1. The normalized spacial score (nSPS) is 21.1. The van der Waals surface area contributed by atoms with Gasteiger partial charge in [-0.3, -0.25) is 9.69 Å². The van der Waals surface area contributed by atoms with Crippen LogP contribution in [0.2, 0.25) is 0 Å². The molecule has 5 rings (SSSR count). The molecule has 1 unspecified atom stereocenters. The quantitative estimate of drug-likeness (QED) is 0.392. The molecule has 3 aliphatic rings. The summed E-state index contributed by atoms with van der Waals surface area (Å²) >= 11 is 0. The van der Waals surface area contributed by atoms with Gasteiger partial charge in [-0.25, -0.2) is 13.5 Å². The number of nitrogens with zero attached hydrogens (tertiary/aromatic N) is 7. The van der Waals surface area contributed by atoms with Crippen LogP contribution in [-0.4, -0.2) is 120 Å². The van der Waals surface area contributed by atoms with Crippen molar-refractivity contribution in [1.82, 2.24) is 44.9 Å². The summed E-state index contributed by atoms with van der Waals surface area (Å²) in [5, 5.41) is 17.0. The summed E-state index contributed by atoms with van der Waals surface area (Å²) < 4.78 is 35.2. The topological polar surface area (TPSA) is 140 Å².